The van der Waals surface area contributed by atoms with E-state index < -0.39 is 54.0 Å². The number of hydrogen-bond acceptors (Lipinski definition) is 9. The van der Waals surface area contributed by atoms with E-state index in [4.69, 9.17) is 23.4 Å². The van der Waals surface area contributed by atoms with Crippen LogP contribution in [0.5, 0.6) is 0 Å². The van der Waals surface area contributed by atoms with Crippen LogP contribution in [0.25, 0.3) is 0 Å². The molecule has 0 radical (unpaired) electrons. The van der Waals surface area contributed by atoms with Crippen molar-refractivity contribution in [3.05, 3.63) is 59.1 Å². The normalized spacial score (nSPS) is 25.9. The molecule has 1 aromatic rings. The molecule has 2 aliphatic rings. The fourth-order valence-electron chi connectivity index (χ4n) is 4.37. The fraction of sp³-hybridized carbons (Fsp3) is 0.440. The summed E-state index contributed by atoms with van der Waals surface area (Å²) in [4.78, 5) is 49.6. The summed E-state index contributed by atoms with van der Waals surface area (Å²) in [5, 5.41) is 0. The molecule has 0 fully saturated rings. The Morgan fingerprint density at radius 1 is 1.03 bits per heavy atom. The molecule has 1 aromatic heterocycles. The second kappa shape index (κ2) is 9.70. The lowest BCUT2D eigenvalue weighted by atomic mass is 9.83. The Bertz CT molecular complexity index is 1090. The molecule has 0 N–H and O–H groups in total. The van der Waals surface area contributed by atoms with Gasteiger partial charge in [-0.25, -0.2) is 9.59 Å². The quantitative estimate of drug-likeness (QED) is 0.362. The van der Waals surface area contributed by atoms with E-state index in [1.54, 1.807) is 19.9 Å². The zero-order chi connectivity index (χ0) is 25.3. The monoisotopic (exact) mass is 472 g/mol. The van der Waals surface area contributed by atoms with Crippen LogP contribution >= 0.6 is 0 Å². The third-order valence-electron chi connectivity index (χ3n) is 5.86. The number of methoxy groups -OCH3 is 1. The van der Waals surface area contributed by atoms with Crippen LogP contribution in [0.2, 0.25) is 0 Å². The van der Waals surface area contributed by atoms with E-state index >= 15 is 0 Å². The number of ether oxygens (including phenoxy) is 4. The summed E-state index contributed by atoms with van der Waals surface area (Å²) in [5.41, 5.74) is 1.39. The number of hydrogen-bond donors (Lipinski definition) is 0. The number of carbonyl (C=O) groups is 4. The highest BCUT2D eigenvalue weighted by atomic mass is 16.6. The standard InChI is InChI=1S/C25H28O9/c1-11(2)15-8-18-16(24(28)30-7)9-19(33-18)21(12(3)4)20-10-17(25(29)34-20)23(32-14(6)27)22(15)31-13(5)26/h9-10,15,20-23H,1,3,8H2,2,4-7H3/t15-,20-,21+,22?,23?/m1/s1. The first kappa shape index (κ1) is 25.0. The zero-order valence-corrected chi connectivity index (χ0v) is 19.8. The third-order valence-corrected chi connectivity index (χ3v) is 5.86. The van der Waals surface area contributed by atoms with Gasteiger partial charge in [-0.3, -0.25) is 9.59 Å². The van der Waals surface area contributed by atoms with E-state index in [-0.39, 0.29) is 23.3 Å². The molecule has 0 saturated heterocycles. The van der Waals surface area contributed by atoms with Gasteiger partial charge in [0.1, 0.15) is 29.3 Å². The lowest BCUT2D eigenvalue weighted by Gasteiger charge is -2.32. The van der Waals surface area contributed by atoms with Crippen molar-refractivity contribution < 1.29 is 42.5 Å². The van der Waals surface area contributed by atoms with Crippen molar-refractivity contribution in [2.45, 2.75) is 58.3 Å². The Balaban J connectivity index is 2.31. The fourth-order valence-corrected chi connectivity index (χ4v) is 4.37. The summed E-state index contributed by atoms with van der Waals surface area (Å²) in [5.74, 6) is -3.36. The van der Waals surface area contributed by atoms with Gasteiger partial charge in [-0.2, -0.15) is 0 Å². The SMILES string of the molecule is C=C(C)[C@H]1Cc2oc(cc2C(=O)OC)[C@H](C(=C)C)[C@H]2C=C(C(=O)O2)C(OC(C)=O)C1OC(C)=O. The Kier molecular flexibility index (Phi) is 7.14. The Labute approximate surface area is 197 Å². The summed E-state index contributed by atoms with van der Waals surface area (Å²) >= 11 is 0. The van der Waals surface area contributed by atoms with Gasteiger partial charge in [0.05, 0.1) is 18.6 Å². The maximum Gasteiger partial charge on any atom is 0.341 e. The molecule has 9 nitrogen and oxygen atoms in total. The molecular weight excluding hydrogens is 444 g/mol. The second-order valence-electron chi connectivity index (χ2n) is 8.55. The summed E-state index contributed by atoms with van der Waals surface area (Å²) in [6.45, 7) is 13.8. The topological polar surface area (TPSA) is 118 Å². The molecule has 0 amide bonds. The highest BCUT2D eigenvalue weighted by molar-refractivity contribution is 5.93. The molecule has 4 bridgehead atoms. The van der Waals surface area contributed by atoms with Crippen LogP contribution in [0, 0.1) is 5.92 Å². The van der Waals surface area contributed by atoms with Crippen LogP contribution in [0.4, 0.5) is 0 Å². The molecule has 3 rings (SSSR count). The van der Waals surface area contributed by atoms with Gasteiger partial charge in [-0.1, -0.05) is 24.3 Å². The Morgan fingerprint density at radius 2 is 1.68 bits per heavy atom. The zero-order valence-electron chi connectivity index (χ0n) is 19.8. The van der Waals surface area contributed by atoms with Crippen molar-refractivity contribution in [3.63, 3.8) is 0 Å². The van der Waals surface area contributed by atoms with Gasteiger partial charge in [0.15, 0.2) is 6.10 Å². The van der Waals surface area contributed by atoms with Gasteiger partial charge in [0.25, 0.3) is 0 Å². The first-order chi connectivity index (χ1) is 15.9. The maximum absolute atomic E-state index is 12.9. The number of fused-ring (bicyclic) bond motifs is 3. The average molecular weight is 472 g/mol. The van der Waals surface area contributed by atoms with E-state index in [1.165, 1.54) is 27.0 Å². The predicted molar refractivity (Wildman–Crippen MR) is 119 cm³/mol. The lowest BCUT2D eigenvalue weighted by Crippen LogP contribution is -2.43. The van der Waals surface area contributed by atoms with Crippen molar-refractivity contribution >= 4 is 23.9 Å². The van der Waals surface area contributed by atoms with Gasteiger partial charge >= 0.3 is 23.9 Å². The molecule has 5 atom stereocenters. The van der Waals surface area contributed by atoms with Crippen molar-refractivity contribution in [3.8, 4) is 0 Å². The summed E-state index contributed by atoms with van der Waals surface area (Å²) in [6.07, 6.45) is -1.67. The first-order valence-corrected chi connectivity index (χ1v) is 10.7. The highest BCUT2D eigenvalue weighted by Gasteiger charge is 2.47. The Hall–Kier alpha value is -3.62. The van der Waals surface area contributed by atoms with Crippen LogP contribution in [0.1, 0.15) is 55.5 Å². The molecule has 3 heterocycles. The molecule has 34 heavy (non-hydrogen) atoms. The number of rotatable bonds is 5. The van der Waals surface area contributed by atoms with Crippen molar-refractivity contribution in [1.82, 2.24) is 0 Å². The molecule has 0 spiro atoms. The van der Waals surface area contributed by atoms with Crippen LogP contribution in [-0.4, -0.2) is 49.3 Å². The minimum Gasteiger partial charge on any atom is -0.465 e. The maximum atomic E-state index is 12.9. The average Bonchev–Trinajstić information content (AvgIpc) is 3.30. The predicted octanol–water partition coefficient (Wildman–Crippen LogP) is 3.19. The molecule has 0 aliphatic carbocycles. The molecule has 182 valence electrons. The highest BCUT2D eigenvalue weighted by Crippen LogP contribution is 2.40. The van der Waals surface area contributed by atoms with E-state index in [0.29, 0.717) is 16.9 Å². The lowest BCUT2D eigenvalue weighted by molar-refractivity contribution is -0.167. The van der Waals surface area contributed by atoms with Crippen molar-refractivity contribution in [2.75, 3.05) is 7.11 Å². The van der Waals surface area contributed by atoms with Crippen LogP contribution in [-0.2, 0) is 39.8 Å². The van der Waals surface area contributed by atoms with Crippen LogP contribution in [0.15, 0.2) is 46.4 Å². The molecular formula is C25H28O9. The minimum absolute atomic E-state index is 0.0458. The van der Waals surface area contributed by atoms with Gasteiger partial charge < -0.3 is 23.4 Å². The van der Waals surface area contributed by atoms with E-state index in [1.807, 2.05) is 0 Å². The van der Waals surface area contributed by atoms with E-state index in [9.17, 15) is 19.2 Å². The van der Waals surface area contributed by atoms with Gasteiger partial charge in [-0.15, -0.1) is 0 Å². The largest absolute Gasteiger partial charge is 0.465 e. The molecule has 2 aliphatic heterocycles. The summed E-state index contributed by atoms with van der Waals surface area (Å²) in [6, 6.07) is 1.54. The number of carbonyl (C=O) groups excluding carboxylic acids is 4. The Morgan fingerprint density at radius 3 is 2.21 bits per heavy atom. The van der Waals surface area contributed by atoms with Gasteiger partial charge in [0.2, 0.25) is 0 Å². The van der Waals surface area contributed by atoms with Crippen molar-refractivity contribution in [1.29, 1.82) is 0 Å². The van der Waals surface area contributed by atoms with E-state index in [2.05, 4.69) is 13.2 Å². The second-order valence-corrected chi connectivity index (χ2v) is 8.55. The van der Waals surface area contributed by atoms with Gasteiger partial charge in [-0.05, 0) is 26.0 Å². The summed E-state index contributed by atoms with van der Waals surface area (Å²) < 4.78 is 27.8. The molecule has 9 heteroatoms. The van der Waals surface area contributed by atoms with Crippen LogP contribution < -0.4 is 0 Å². The first-order valence-electron chi connectivity index (χ1n) is 10.7. The molecule has 0 saturated carbocycles. The third kappa shape index (κ3) is 4.83. The smallest absolute Gasteiger partial charge is 0.341 e. The van der Waals surface area contributed by atoms with Crippen molar-refractivity contribution in [2.24, 2.45) is 5.92 Å². The summed E-state index contributed by atoms with van der Waals surface area (Å²) in [7, 11) is 1.25. The molecule has 2 unspecified atom stereocenters. The van der Waals surface area contributed by atoms with Crippen LogP contribution in [0.3, 0.4) is 0 Å². The van der Waals surface area contributed by atoms with Gasteiger partial charge in [0, 0.05) is 26.2 Å². The van der Waals surface area contributed by atoms with E-state index in [0.717, 1.165) is 0 Å². The number of esters is 4. The minimum atomic E-state index is -1.26. The molecule has 0 aromatic carbocycles. The number of furan rings is 1.